The molecule has 1 aromatic carbocycles. The van der Waals surface area contributed by atoms with Crippen LogP contribution in [0.1, 0.15) is 18.9 Å². The van der Waals surface area contributed by atoms with Crippen LogP contribution in [0.25, 0.3) is 11.3 Å². The van der Waals surface area contributed by atoms with Crippen LogP contribution in [0.2, 0.25) is 0 Å². The van der Waals surface area contributed by atoms with Gasteiger partial charge in [0.25, 0.3) is 0 Å². The monoisotopic (exact) mass is 248 g/mol. The van der Waals surface area contributed by atoms with E-state index in [9.17, 15) is 0 Å². The number of aromatic nitrogens is 1. The molecule has 0 bridgehead atoms. The molecule has 2 rings (SSSR count). The summed E-state index contributed by atoms with van der Waals surface area (Å²) < 4.78 is 5.42. The summed E-state index contributed by atoms with van der Waals surface area (Å²) in [6.07, 6.45) is 0. The zero-order chi connectivity index (χ0) is 12.5. The molecule has 2 N–H and O–H groups in total. The first-order chi connectivity index (χ1) is 8.03. The lowest BCUT2D eigenvalue weighted by molar-refractivity contribution is 0.0191. The molecule has 2 aromatic rings. The van der Waals surface area contributed by atoms with Gasteiger partial charge in [-0.3, -0.25) is 0 Å². The molecule has 0 saturated carbocycles. The Labute approximate surface area is 105 Å². The zero-order valence-corrected chi connectivity index (χ0v) is 11.0. The van der Waals surface area contributed by atoms with E-state index in [2.05, 4.69) is 4.98 Å². The Hall–Kier alpha value is -1.39. The molecular weight excluding hydrogens is 232 g/mol. The molecule has 0 aliphatic heterocycles. The predicted molar refractivity (Wildman–Crippen MR) is 72.0 cm³/mol. The van der Waals surface area contributed by atoms with Crippen LogP contribution in [-0.4, -0.2) is 12.1 Å². The van der Waals surface area contributed by atoms with Gasteiger partial charge < -0.3 is 10.5 Å². The number of rotatable bonds is 3. The van der Waals surface area contributed by atoms with Crippen molar-refractivity contribution in [3.63, 3.8) is 0 Å². The highest BCUT2D eigenvalue weighted by molar-refractivity contribution is 7.10. The van der Waals surface area contributed by atoms with Crippen LogP contribution in [0.4, 0.5) is 5.69 Å². The summed E-state index contributed by atoms with van der Waals surface area (Å²) >= 11 is 1.61. The zero-order valence-electron chi connectivity index (χ0n) is 10.2. The van der Waals surface area contributed by atoms with Crippen LogP contribution in [0.3, 0.4) is 0 Å². The van der Waals surface area contributed by atoms with Crippen LogP contribution in [0.15, 0.2) is 29.6 Å². The van der Waals surface area contributed by atoms with Crippen molar-refractivity contribution < 1.29 is 4.74 Å². The van der Waals surface area contributed by atoms with Crippen LogP contribution >= 0.6 is 11.3 Å². The van der Waals surface area contributed by atoms with Gasteiger partial charge in [-0.15, -0.1) is 11.3 Å². The highest BCUT2D eigenvalue weighted by Gasteiger charge is 2.23. The van der Waals surface area contributed by atoms with Crippen molar-refractivity contribution >= 4 is 17.0 Å². The van der Waals surface area contributed by atoms with Gasteiger partial charge in [0, 0.05) is 23.7 Å². The minimum atomic E-state index is -0.337. The topological polar surface area (TPSA) is 48.1 Å². The van der Waals surface area contributed by atoms with Gasteiger partial charge in [-0.1, -0.05) is 12.1 Å². The molecule has 0 radical (unpaired) electrons. The van der Waals surface area contributed by atoms with Crippen molar-refractivity contribution in [3.8, 4) is 11.3 Å². The molecule has 17 heavy (non-hydrogen) atoms. The van der Waals surface area contributed by atoms with E-state index in [4.69, 9.17) is 10.5 Å². The summed E-state index contributed by atoms with van der Waals surface area (Å²) in [5, 5.41) is 3.02. The fraction of sp³-hybridized carbons (Fsp3) is 0.308. The lowest BCUT2D eigenvalue weighted by atomic mass is 10.1. The molecule has 0 spiro atoms. The maximum atomic E-state index is 5.66. The number of nitrogens with zero attached hydrogens (tertiary/aromatic N) is 1. The molecule has 0 saturated heterocycles. The molecule has 90 valence electrons. The van der Waals surface area contributed by atoms with Gasteiger partial charge in [0.15, 0.2) is 0 Å². The van der Waals surface area contributed by atoms with E-state index in [1.807, 2.05) is 43.5 Å². The third kappa shape index (κ3) is 2.48. The van der Waals surface area contributed by atoms with E-state index in [1.165, 1.54) is 0 Å². The van der Waals surface area contributed by atoms with Gasteiger partial charge in [-0.05, 0) is 26.0 Å². The number of methoxy groups -OCH3 is 1. The molecule has 1 aromatic heterocycles. The number of anilines is 1. The van der Waals surface area contributed by atoms with E-state index in [0.717, 1.165) is 22.0 Å². The van der Waals surface area contributed by atoms with Crippen molar-refractivity contribution in [3.05, 3.63) is 34.7 Å². The summed E-state index contributed by atoms with van der Waals surface area (Å²) in [6, 6.07) is 7.73. The van der Waals surface area contributed by atoms with E-state index >= 15 is 0 Å². The summed E-state index contributed by atoms with van der Waals surface area (Å²) in [7, 11) is 1.70. The molecule has 0 aliphatic rings. The first kappa shape index (κ1) is 12.1. The molecular formula is C13H16N2OS. The lowest BCUT2D eigenvalue weighted by Gasteiger charge is -2.19. The minimum absolute atomic E-state index is 0.337. The molecule has 0 unspecified atom stereocenters. The average molecular weight is 248 g/mol. The summed E-state index contributed by atoms with van der Waals surface area (Å²) in [4.78, 5) is 4.61. The maximum absolute atomic E-state index is 5.66. The number of thiazole rings is 1. The minimum Gasteiger partial charge on any atom is -0.399 e. The quantitative estimate of drug-likeness (QED) is 0.848. The maximum Gasteiger partial charge on any atom is 0.125 e. The van der Waals surface area contributed by atoms with Crippen LogP contribution in [0.5, 0.6) is 0 Å². The van der Waals surface area contributed by atoms with Gasteiger partial charge in [0.05, 0.1) is 5.69 Å². The second-order valence-corrected chi connectivity index (χ2v) is 5.23. The summed E-state index contributed by atoms with van der Waals surface area (Å²) in [6.45, 7) is 4.02. The number of nitrogens with two attached hydrogens (primary N) is 1. The summed E-state index contributed by atoms with van der Waals surface area (Å²) in [5.74, 6) is 0. The SMILES string of the molecule is COC(C)(C)c1nc(-c2ccc(N)cc2)cs1. The van der Waals surface area contributed by atoms with E-state index in [1.54, 1.807) is 18.4 Å². The average Bonchev–Trinajstić information content (AvgIpc) is 2.80. The Morgan fingerprint density at radius 1 is 1.24 bits per heavy atom. The lowest BCUT2D eigenvalue weighted by Crippen LogP contribution is -2.18. The van der Waals surface area contributed by atoms with Crippen molar-refractivity contribution in [2.24, 2.45) is 0 Å². The number of ether oxygens (including phenoxy) is 1. The van der Waals surface area contributed by atoms with Crippen LogP contribution in [0, 0.1) is 0 Å². The molecule has 0 amide bonds. The Morgan fingerprint density at radius 2 is 1.88 bits per heavy atom. The second-order valence-electron chi connectivity index (χ2n) is 4.37. The molecule has 4 heteroatoms. The molecule has 0 fully saturated rings. The number of hydrogen-bond acceptors (Lipinski definition) is 4. The highest BCUT2D eigenvalue weighted by Crippen LogP contribution is 2.30. The Morgan fingerprint density at radius 3 is 2.47 bits per heavy atom. The first-order valence-corrected chi connectivity index (χ1v) is 6.28. The Balaban J connectivity index is 2.33. The fourth-order valence-electron chi connectivity index (χ4n) is 1.42. The van der Waals surface area contributed by atoms with Crippen molar-refractivity contribution in [1.82, 2.24) is 4.98 Å². The first-order valence-electron chi connectivity index (χ1n) is 5.40. The highest BCUT2D eigenvalue weighted by atomic mass is 32.1. The standard InChI is InChI=1S/C13H16N2OS/c1-13(2,16-3)12-15-11(8-17-12)9-4-6-10(14)7-5-9/h4-8H,14H2,1-3H3. The summed E-state index contributed by atoms with van der Waals surface area (Å²) in [5.41, 5.74) is 8.14. The van der Waals surface area contributed by atoms with E-state index < -0.39 is 0 Å². The van der Waals surface area contributed by atoms with Crippen molar-refractivity contribution in [1.29, 1.82) is 0 Å². The van der Waals surface area contributed by atoms with Gasteiger partial charge in [0.2, 0.25) is 0 Å². The molecule has 0 aliphatic carbocycles. The number of benzene rings is 1. The molecule has 0 atom stereocenters. The van der Waals surface area contributed by atoms with E-state index in [-0.39, 0.29) is 5.60 Å². The second kappa shape index (κ2) is 4.47. The normalized spacial score (nSPS) is 11.7. The third-order valence-electron chi connectivity index (χ3n) is 2.74. The van der Waals surface area contributed by atoms with Gasteiger partial charge in [-0.25, -0.2) is 4.98 Å². The van der Waals surface area contributed by atoms with Gasteiger partial charge in [-0.2, -0.15) is 0 Å². The Bertz CT molecular complexity index is 502. The van der Waals surface area contributed by atoms with Gasteiger partial charge in [0.1, 0.15) is 10.6 Å². The molecule has 3 nitrogen and oxygen atoms in total. The third-order valence-corrected chi connectivity index (χ3v) is 3.88. The largest absolute Gasteiger partial charge is 0.399 e. The Kier molecular flexibility index (Phi) is 3.17. The van der Waals surface area contributed by atoms with Gasteiger partial charge >= 0.3 is 0 Å². The molecule has 1 heterocycles. The number of hydrogen-bond donors (Lipinski definition) is 1. The fourth-order valence-corrected chi connectivity index (χ4v) is 2.35. The van der Waals surface area contributed by atoms with E-state index in [0.29, 0.717) is 0 Å². The predicted octanol–water partition coefficient (Wildman–Crippen LogP) is 3.27. The van der Waals surface area contributed by atoms with Crippen LogP contribution < -0.4 is 5.73 Å². The van der Waals surface area contributed by atoms with Crippen LogP contribution in [-0.2, 0) is 10.3 Å². The van der Waals surface area contributed by atoms with Crippen molar-refractivity contribution in [2.45, 2.75) is 19.4 Å². The smallest absolute Gasteiger partial charge is 0.125 e. The van der Waals surface area contributed by atoms with Crippen molar-refractivity contribution in [2.75, 3.05) is 12.8 Å². The number of nitrogen functional groups attached to an aromatic ring is 1.